The van der Waals surface area contributed by atoms with Crippen molar-refractivity contribution >= 4 is 11.8 Å². The molecule has 3 atom stereocenters. The zero-order valence-electron chi connectivity index (χ0n) is 9.54. The van der Waals surface area contributed by atoms with E-state index in [9.17, 15) is 5.11 Å². The fourth-order valence-corrected chi connectivity index (χ4v) is 3.28. The lowest BCUT2D eigenvalue weighted by atomic mass is 9.80. The van der Waals surface area contributed by atoms with Gasteiger partial charge in [0.2, 0.25) is 0 Å². The first-order valence-corrected chi connectivity index (χ1v) is 7.15. The Labute approximate surface area is 92.7 Å². The van der Waals surface area contributed by atoms with E-state index in [4.69, 9.17) is 0 Å². The van der Waals surface area contributed by atoms with Gasteiger partial charge in [-0.3, -0.25) is 0 Å². The summed E-state index contributed by atoms with van der Waals surface area (Å²) in [5, 5.41) is 10.00. The van der Waals surface area contributed by atoms with Crippen LogP contribution in [0.5, 0.6) is 0 Å². The van der Waals surface area contributed by atoms with Crippen molar-refractivity contribution in [3.05, 3.63) is 0 Å². The van der Waals surface area contributed by atoms with Gasteiger partial charge in [-0.25, -0.2) is 0 Å². The molecule has 0 bridgehead atoms. The molecule has 1 aliphatic carbocycles. The lowest BCUT2D eigenvalue weighted by Crippen LogP contribution is -2.27. The molecule has 1 nitrogen and oxygen atoms in total. The fraction of sp³-hybridized carbons (Fsp3) is 1.00. The Morgan fingerprint density at radius 2 is 2.21 bits per heavy atom. The van der Waals surface area contributed by atoms with E-state index in [0.29, 0.717) is 5.92 Å². The van der Waals surface area contributed by atoms with Gasteiger partial charge in [-0.05, 0) is 36.9 Å². The minimum absolute atomic E-state index is 0.0469. The molecule has 1 rings (SSSR count). The third-order valence-corrected chi connectivity index (χ3v) is 4.43. The number of aliphatic hydroxyl groups is 1. The molecule has 0 radical (unpaired) electrons. The molecule has 0 aliphatic heterocycles. The molecule has 14 heavy (non-hydrogen) atoms. The maximum Gasteiger partial charge on any atom is 0.0658 e. The molecule has 1 saturated carbocycles. The Hall–Kier alpha value is 0.310. The molecule has 84 valence electrons. The van der Waals surface area contributed by atoms with E-state index in [1.165, 1.54) is 37.9 Å². The van der Waals surface area contributed by atoms with Gasteiger partial charge in [0.05, 0.1) is 6.10 Å². The molecule has 3 unspecified atom stereocenters. The molecular weight excluding hydrogens is 192 g/mol. The summed E-state index contributed by atoms with van der Waals surface area (Å²) < 4.78 is 0. The maximum absolute atomic E-state index is 10.00. The van der Waals surface area contributed by atoms with Crippen molar-refractivity contribution in [3.8, 4) is 0 Å². The molecule has 0 amide bonds. The molecule has 0 aromatic heterocycles. The molecule has 0 spiro atoms. The van der Waals surface area contributed by atoms with E-state index in [1.54, 1.807) is 0 Å². The van der Waals surface area contributed by atoms with Crippen molar-refractivity contribution in [3.63, 3.8) is 0 Å². The molecule has 1 aliphatic rings. The van der Waals surface area contributed by atoms with Crippen molar-refractivity contribution in [1.29, 1.82) is 0 Å². The van der Waals surface area contributed by atoms with Crippen LogP contribution in [-0.4, -0.2) is 22.7 Å². The lowest BCUT2D eigenvalue weighted by Gasteiger charge is -2.30. The molecule has 0 heterocycles. The zero-order chi connectivity index (χ0) is 10.4. The van der Waals surface area contributed by atoms with E-state index >= 15 is 0 Å². The van der Waals surface area contributed by atoms with Crippen LogP contribution in [0.25, 0.3) is 0 Å². The number of thioether (sulfide) groups is 1. The molecule has 0 saturated heterocycles. The van der Waals surface area contributed by atoms with Gasteiger partial charge >= 0.3 is 0 Å². The summed E-state index contributed by atoms with van der Waals surface area (Å²) in [6.07, 6.45) is 6.35. The van der Waals surface area contributed by atoms with Crippen LogP contribution in [-0.2, 0) is 0 Å². The van der Waals surface area contributed by atoms with Gasteiger partial charge in [0.25, 0.3) is 0 Å². The second-order valence-corrected chi connectivity index (χ2v) is 5.82. The topological polar surface area (TPSA) is 20.2 Å². The van der Waals surface area contributed by atoms with Crippen LogP contribution < -0.4 is 0 Å². The number of hydrogen-bond acceptors (Lipinski definition) is 2. The van der Waals surface area contributed by atoms with Crippen LogP contribution in [0.2, 0.25) is 0 Å². The largest absolute Gasteiger partial charge is 0.392 e. The van der Waals surface area contributed by atoms with Gasteiger partial charge in [0, 0.05) is 5.75 Å². The van der Waals surface area contributed by atoms with Crippen molar-refractivity contribution in [1.82, 2.24) is 0 Å². The summed E-state index contributed by atoms with van der Waals surface area (Å²) in [4.78, 5) is 0. The highest BCUT2D eigenvalue weighted by molar-refractivity contribution is 7.99. The molecule has 0 aromatic carbocycles. The Kier molecular flexibility index (Phi) is 5.95. The number of rotatable bonds is 5. The standard InChI is InChI=1S/C12H24OS/c1-3-7-14-9-12(13)11-6-4-5-10(2)8-11/h10-13H,3-9H2,1-2H3. The van der Waals surface area contributed by atoms with Crippen LogP contribution in [0.1, 0.15) is 46.0 Å². The third-order valence-electron chi connectivity index (χ3n) is 3.16. The minimum atomic E-state index is -0.0469. The highest BCUT2D eigenvalue weighted by atomic mass is 32.2. The van der Waals surface area contributed by atoms with Crippen LogP contribution >= 0.6 is 11.8 Å². The predicted molar refractivity (Wildman–Crippen MR) is 64.7 cm³/mol. The van der Waals surface area contributed by atoms with E-state index in [2.05, 4.69) is 13.8 Å². The quantitative estimate of drug-likeness (QED) is 0.711. The molecular formula is C12H24OS. The monoisotopic (exact) mass is 216 g/mol. The van der Waals surface area contributed by atoms with Crippen molar-refractivity contribution in [2.45, 2.75) is 52.1 Å². The van der Waals surface area contributed by atoms with Crippen molar-refractivity contribution < 1.29 is 5.11 Å². The summed E-state index contributed by atoms with van der Waals surface area (Å²) in [6.45, 7) is 4.51. The average Bonchev–Trinajstić information content (AvgIpc) is 2.18. The summed E-state index contributed by atoms with van der Waals surface area (Å²) in [5.41, 5.74) is 0. The van der Waals surface area contributed by atoms with Crippen LogP contribution in [0, 0.1) is 11.8 Å². The first kappa shape index (κ1) is 12.4. The van der Waals surface area contributed by atoms with Crippen molar-refractivity contribution in [2.75, 3.05) is 11.5 Å². The van der Waals surface area contributed by atoms with E-state index in [1.807, 2.05) is 11.8 Å². The second kappa shape index (κ2) is 6.73. The van der Waals surface area contributed by atoms with Gasteiger partial charge in [-0.1, -0.05) is 26.7 Å². The first-order chi connectivity index (χ1) is 6.74. The van der Waals surface area contributed by atoms with Gasteiger partial charge in [0.15, 0.2) is 0 Å². The smallest absolute Gasteiger partial charge is 0.0658 e. The summed E-state index contributed by atoms with van der Waals surface area (Å²) in [7, 11) is 0. The normalized spacial score (nSPS) is 30.2. The van der Waals surface area contributed by atoms with E-state index in [-0.39, 0.29) is 6.10 Å². The first-order valence-electron chi connectivity index (χ1n) is 5.99. The van der Waals surface area contributed by atoms with Gasteiger partial charge < -0.3 is 5.11 Å². The Bertz CT molecular complexity index is 149. The Morgan fingerprint density at radius 3 is 2.86 bits per heavy atom. The highest BCUT2D eigenvalue weighted by Crippen LogP contribution is 2.31. The van der Waals surface area contributed by atoms with E-state index < -0.39 is 0 Å². The fourth-order valence-electron chi connectivity index (χ4n) is 2.31. The average molecular weight is 216 g/mol. The second-order valence-electron chi connectivity index (χ2n) is 4.67. The van der Waals surface area contributed by atoms with Crippen molar-refractivity contribution in [2.24, 2.45) is 11.8 Å². The number of hydrogen-bond donors (Lipinski definition) is 1. The SMILES string of the molecule is CCCSCC(O)C1CCCC(C)C1. The molecule has 0 aromatic rings. The van der Waals surface area contributed by atoms with Crippen LogP contribution in [0.15, 0.2) is 0 Å². The van der Waals surface area contributed by atoms with Crippen LogP contribution in [0.3, 0.4) is 0 Å². The highest BCUT2D eigenvalue weighted by Gasteiger charge is 2.24. The van der Waals surface area contributed by atoms with Crippen LogP contribution in [0.4, 0.5) is 0 Å². The summed E-state index contributed by atoms with van der Waals surface area (Å²) in [6, 6.07) is 0. The number of aliphatic hydroxyl groups excluding tert-OH is 1. The minimum Gasteiger partial charge on any atom is -0.392 e. The maximum atomic E-state index is 10.00. The summed E-state index contributed by atoms with van der Waals surface area (Å²) in [5.74, 6) is 3.56. The third kappa shape index (κ3) is 4.22. The lowest BCUT2D eigenvalue weighted by molar-refractivity contribution is 0.0903. The van der Waals surface area contributed by atoms with Gasteiger partial charge in [-0.15, -0.1) is 0 Å². The predicted octanol–water partition coefficient (Wildman–Crippen LogP) is 3.32. The molecule has 2 heteroatoms. The van der Waals surface area contributed by atoms with Gasteiger partial charge in [0.1, 0.15) is 0 Å². The molecule has 1 fully saturated rings. The zero-order valence-corrected chi connectivity index (χ0v) is 10.4. The van der Waals surface area contributed by atoms with E-state index in [0.717, 1.165) is 11.7 Å². The molecule has 1 N–H and O–H groups in total. The Morgan fingerprint density at radius 1 is 1.43 bits per heavy atom. The Balaban J connectivity index is 2.18. The van der Waals surface area contributed by atoms with Gasteiger partial charge in [-0.2, -0.15) is 11.8 Å². The summed E-state index contributed by atoms with van der Waals surface area (Å²) >= 11 is 1.91.